The van der Waals surface area contributed by atoms with Gasteiger partial charge in [0.2, 0.25) is 0 Å². The summed E-state index contributed by atoms with van der Waals surface area (Å²) in [7, 11) is 1.81. The Morgan fingerprint density at radius 2 is 2.19 bits per heavy atom. The summed E-state index contributed by atoms with van der Waals surface area (Å²) in [4.78, 5) is 6.10. The molecule has 0 radical (unpaired) electrons. The summed E-state index contributed by atoms with van der Waals surface area (Å²) in [5.74, 6) is 0.745. The highest BCUT2D eigenvalue weighted by molar-refractivity contribution is 5.57. The quantitative estimate of drug-likeness (QED) is 0.835. The van der Waals surface area contributed by atoms with Crippen molar-refractivity contribution in [2.24, 2.45) is 7.05 Å². The smallest absolute Gasteiger partial charge is 0.145 e. The van der Waals surface area contributed by atoms with E-state index in [1.807, 2.05) is 31.0 Å². The van der Waals surface area contributed by atoms with Gasteiger partial charge in [-0.1, -0.05) is 6.07 Å². The fourth-order valence-electron chi connectivity index (χ4n) is 2.30. The van der Waals surface area contributed by atoms with Gasteiger partial charge in [0.25, 0.3) is 0 Å². The molecule has 0 unspecified atom stereocenters. The van der Waals surface area contributed by atoms with Crippen LogP contribution in [-0.4, -0.2) is 21.3 Å². The van der Waals surface area contributed by atoms with Crippen molar-refractivity contribution in [3.63, 3.8) is 0 Å². The molecule has 0 aliphatic carbocycles. The van der Waals surface area contributed by atoms with Crippen molar-refractivity contribution >= 4 is 5.82 Å². The molecule has 2 aromatic heterocycles. The molecule has 0 aliphatic rings. The normalized spacial score (nSPS) is 9.90. The summed E-state index contributed by atoms with van der Waals surface area (Å²) < 4.78 is 1.70. The average molecular weight is 280 g/mol. The second kappa shape index (κ2) is 6.53. The molecule has 6 nitrogen and oxygen atoms in total. The standard InChI is InChI=1S/C15H16N6/c1-12-14(9-17)15(20(2)19-12)21(8-4-6-16)11-13-5-3-7-18-10-13/h3,5,7,10H,4,8,11H2,1-2H3. The van der Waals surface area contributed by atoms with Crippen molar-refractivity contribution in [2.75, 3.05) is 11.4 Å². The van der Waals surface area contributed by atoms with Crippen molar-refractivity contribution in [1.82, 2.24) is 14.8 Å². The van der Waals surface area contributed by atoms with Crippen LogP contribution in [0.15, 0.2) is 24.5 Å². The number of hydrogen-bond donors (Lipinski definition) is 0. The number of nitriles is 2. The van der Waals surface area contributed by atoms with Crippen LogP contribution in [0.2, 0.25) is 0 Å². The molecule has 2 heterocycles. The Bertz CT molecular complexity index is 689. The van der Waals surface area contributed by atoms with E-state index >= 15 is 0 Å². The lowest BCUT2D eigenvalue weighted by Crippen LogP contribution is -2.26. The summed E-state index contributed by atoms with van der Waals surface area (Å²) in [5.41, 5.74) is 2.28. The third kappa shape index (κ3) is 3.18. The van der Waals surface area contributed by atoms with Crippen molar-refractivity contribution < 1.29 is 0 Å². The second-order valence-electron chi connectivity index (χ2n) is 4.71. The van der Waals surface area contributed by atoms with E-state index in [2.05, 4.69) is 22.2 Å². The Morgan fingerprint density at radius 3 is 2.81 bits per heavy atom. The summed E-state index contributed by atoms with van der Waals surface area (Å²) >= 11 is 0. The largest absolute Gasteiger partial charge is 0.350 e. The molecule has 0 atom stereocenters. The van der Waals surface area contributed by atoms with Gasteiger partial charge in [0.1, 0.15) is 17.5 Å². The Balaban J connectivity index is 2.37. The van der Waals surface area contributed by atoms with Gasteiger partial charge in [-0.15, -0.1) is 0 Å². The molecule has 0 saturated heterocycles. The number of pyridine rings is 1. The molecule has 2 rings (SSSR count). The lowest BCUT2D eigenvalue weighted by molar-refractivity contribution is 0.694. The Labute approximate surface area is 123 Å². The highest BCUT2D eigenvalue weighted by Crippen LogP contribution is 2.24. The minimum Gasteiger partial charge on any atom is -0.350 e. The molecular formula is C15H16N6. The molecular weight excluding hydrogens is 264 g/mol. The minimum absolute atomic E-state index is 0.384. The molecule has 106 valence electrons. The van der Waals surface area contributed by atoms with Crippen LogP contribution in [0.3, 0.4) is 0 Å². The van der Waals surface area contributed by atoms with Crippen LogP contribution in [0.5, 0.6) is 0 Å². The molecule has 0 bridgehead atoms. The Hall–Kier alpha value is -2.86. The molecule has 0 spiro atoms. The van der Waals surface area contributed by atoms with Crippen LogP contribution in [0.25, 0.3) is 0 Å². The first-order valence-electron chi connectivity index (χ1n) is 6.62. The summed E-state index contributed by atoms with van der Waals surface area (Å²) in [5, 5.41) is 22.5. The molecule has 6 heteroatoms. The second-order valence-corrected chi connectivity index (χ2v) is 4.71. The fraction of sp³-hybridized carbons (Fsp3) is 0.333. The van der Waals surface area contributed by atoms with Gasteiger partial charge in [0.05, 0.1) is 18.2 Å². The summed E-state index contributed by atoms with van der Waals surface area (Å²) in [6, 6.07) is 8.20. The third-order valence-corrected chi connectivity index (χ3v) is 3.19. The number of hydrogen-bond acceptors (Lipinski definition) is 5. The number of nitrogens with zero attached hydrogens (tertiary/aromatic N) is 6. The maximum absolute atomic E-state index is 9.35. The van der Waals surface area contributed by atoms with E-state index in [4.69, 9.17) is 5.26 Å². The first-order chi connectivity index (χ1) is 10.2. The molecule has 0 saturated carbocycles. The predicted octanol–water partition coefficient (Wildman–Crippen LogP) is 1.92. The first-order valence-corrected chi connectivity index (χ1v) is 6.62. The average Bonchev–Trinajstić information content (AvgIpc) is 2.78. The number of anilines is 1. The fourth-order valence-corrected chi connectivity index (χ4v) is 2.30. The third-order valence-electron chi connectivity index (χ3n) is 3.19. The van der Waals surface area contributed by atoms with Gasteiger partial charge >= 0.3 is 0 Å². The highest BCUT2D eigenvalue weighted by Gasteiger charge is 2.19. The van der Waals surface area contributed by atoms with E-state index < -0.39 is 0 Å². The van der Waals surface area contributed by atoms with Gasteiger partial charge in [-0.2, -0.15) is 15.6 Å². The van der Waals surface area contributed by atoms with Crippen LogP contribution in [-0.2, 0) is 13.6 Å². The molecule has 0 amide bonds. The van der Waals surface area contributed by atoms with E-state index in [9.17, 15) is 5.26 Å². The number of aromatic nitrogens is 3. The van der Waals surface area contributed by atoms with Gasteiger partial charge < -0.3 is 4.90 Å². The molecule has 0 N–H and O–H groups in total. The van der Waals surface area contributed by atoms with Crippen LogP contribution in [0.1, 0.15) is 23.2 Å². The van der Waals surface area contributed by atoms with Crippen LogP contribution >= 0.6 is 0 Å². The van der Waals surface area contributed by atoms with Crippen molar-refractivity contribution in [3.05, 3.63) is 41.3 Å². The van der Waals surface area contributed by atoms with Gasteiger partial charge in [-0.05, 0) is 18.6 Å². The zero-order valence-corrected chi connectivity index (χ0v) is 12.1. The summed E-state index contributed by atoms with van der Waals surface area (Å²) in [6.07, 6.45) is 3.89. The maximum atomic E-state index is 9.35. The number of rotatable bonds is 5. The Morgan fingerprint density at radius 1 is 1.38 bits per heavy atom. The maximum Gasteiger partial charge on any atom is 0.145 e. The van der Waals surface area contributed by atoms with E-state index in [0.717, 1.165) is 11.4 Å². The molecule has 0 aromatic carbocycles. The van der Waals surface area contributed by atoms with Crippen LogP contribution in [0, 0.1) is 29.6 Å². The molecule has 0 fully saturated rings. The van der Waals surface area contributed by atoms with E-state index in [0.29, 0.717) is 30.8 Å². The topological polar surface area (TPSA) is 81.5 Å². The van der Waals surface area contributed by atoms with Crippen molar-refractivity contribution in [2.45, 2.75) is 19.9 Å². The SMILES string of the molecule is Cc1nn(C)c(N(CCC#N)Cc2cccnc2)c1C#N. The van der Waals surface area contributed by atoms with Crippen LogP contribution < -0.4 is 4.90 Å². The number of aryl methyl sites for hydroxylation is 2. The van der Waals surface area contributed by atoms with Crippen molar-refractivity contribution in [1.29, 1.82) is 10.5 Å². The lowest BCUT2D eigenvalue weighted by Gasteiger charge is -2.24. The zero-order chi connectivity index (χ0) is 15.2. The van der Waals surface area contributed by atoms with E-state index in [-0.39, 0.29) is 0 Å². The minimum atomic E-state index is 0.384. The summed E-state index contributed by atoms with van der Waals surface area (Å²) in [6.45, 7) is 2.94. The first kappa shape index (κ1) is 14.5. The monoisotopic (exact) mass is 280 g/mol. The molecule has 0 aliphatic heterocycles. The van der Waals surface area contributed by atoms with E-state index in [1.165, 1.54) is 0 Å². The van der Waals surface area contributed by atoms with Gasteiger partial charge in [-0.3, -0.25) is 9.67 Å². The van der Waals surface area contributed by atoms with Gasteiger partial charge in [-0.25, -0.2) is 0 Å². The Kier molecular flexibility index (Phi) is 4.53. The highest BCUT2D eigenvalue weighted by atomic mass is 15.4. The van der Waals surface area contributed by atoms with Crippen LogP contribution in [0.4, 0.5) is 5.82 Å². The van der Waals surface area contributed by atoms with E-state index in [1.54, 1.807) is 17.1 Å². The predicted molar refractivity (Wildman–Crippen MR) is 78.2 cm³/mol. The van der Waals surface area contributed by atoms with Crippen molar-refractivity contribution in [3.8, 4) is 12.1 Å². The van der Waals surface area contributed by atoms with Gasteiger partial charge in [0, 0.05) is 32.5 Å². The molecule has 2 aromatic rings. The zero-order valence-electron chi connectivity index (χ0n) is 12.1. The molecule has 21 heavy (non-hydrogen) atoms. The lowest BCUT2D eigenvalue weighted by atomic mass is 10.2. The van der Waals surface area contributed by atoms with Gasteiger partial charge in [0.15, 0.2) is 0 Å².